The number of piperidine rings is 1. The zero-order chi connectivity index (χ0) is 25.5. The van der Waals surface area contributed by atoms with Crippen molar-refractivity contribution in [1.29, 1.82) is 0 Å². The summed E-state index contributed by atoms with van der Waals surface area (Å²) in [7, 11) is 1.39. The fourth-order valence-electron chi connectivity index (χ4n) is 4.79. The predicted octanol–water partition coefficient (Wildman–Crippen LogP) is 5.07. The number of ether oxygens (including phenoxy) is 1. The summed E-state index contributed by atoms with van der Waals surface area (Å²) in [4.78, 5) is 32.1. The molecule has 1 atom stereocenters. The molecule has 0 saturated carbocycles. The van der Waals surface area contributed by atoms with E-state index >= 15 is 0 Å². The molecule has 1 amide bonds. The van der Waals surface area contributed by atoms with Gasteiger partial charge in [-0.2, -0.15) is 5.10 Å². The van der Waals surface area contributed by atoms with Crippen molar-refractivity contribution in [3.8, 4) is 5.69 Å². The van der Waals surface area contributed by atoms with Gasteiger partial charge in [-0.05, 0) is 48.4 Å². The number of hydrogen-bond acceptors (Lipinski definition) is 5. The third-order valence-electron chi connectivity index (χ3n) is 6.57. The largest absolute Gasteiger partial charge is 0.469 e. The van der Waals surface area contributed by atoms with E-state index in [-0.39, 0.29) is 22.8 Å². The number of likely N-dealkylation sites (tertiary alicyclic amines) is 1. The average Bonchev–Trinajstić information content (AvgIpc) is 3.16. The maximum absolute atomic E-state index is 14.2. The summed E-state index contributed by atoms with van der Waals surface area (Å²) in [5.74, 6) is -0.920. The van der Waals surface area contributed by atoms with Gasteiger partial charge in [0.05, 0.1) is 34.9 Å². The van der Waals surface area contributed by atoms with E-state index in [2.05, 4.69) is 13.8 Å². The number of pyridine rings is 1. The SMILES string of the molecule is COC(=O)C1CCN(C(=O)c2ccc3c(n2)c(CC(C)C)nn3-c2ccc(Cl)c(F)c2)CC1(C)C. The molecule has 1 aliphatic heterocycles. The zero-order valence-corrected chi connectivity index (χ0v) is 21.4. The van der Waals surface area contributed by atoms with Crippen molar-refractivity contribution in [2.45, 2.75) is 40.5 Å². The van der Waals surface area contributed by atoms with E-state index in [9.17, 15) is 14.0 Å². The molecule has 0 spiro atoms. The molecule has 0 N–H and O–H groups in total. The fraction of sp³-hybridized carbons (Fsp3) is 0.462. The number of rotatable bonds is 5. The van der Waals surface area contributed by atoms with Crippen LogP contribution in [-0.2, 0) is 16.0 Å². The Morgan fingerprint density at radius 2 is 2.00 bits per heavy atom. The van der Waals surface area contributed by atoms with Crippen LogP contribution >= 0.6 is 11.6 Å². The van der Waals surface area contributed by atoms with Gasteiger partial charge in [-0.15, -0.1) is 0 Å². The van der Waals surface area contributed by atoms with Gasteiger partial charge in [-0.25, -0.2) is 14.1 Å². The molecule has 0 bridgehead atoms. The Bertz CT molecular complexity index is 1290. The molecule has 3 aromatic rings. The smallest absolute Gasteiger partial charge is 0.309 e. The molecule has 1 saturated heterocycles. The number of aromatic nitrogens is 3. The summed E-state index contributed by atoms with van der Waals surface area (Å²) in [5, 5.41) is 4.75. The van der Waals surface area contributed by atoms with Gasteiger partial charge in [0, 0.05) is 19.2 Å². The Labute approximate surface area is 209 Å². The van der Waals surface area contributed by atoms with Gasteiger partial charge >= 0.3 is 5.97 Å². The van der Waals surface area contributed by atoms with E-state index in [1.54, 1.807) is 27.8 Å². The van der Waals surface area contributed by atoms with Crippen LogP contribution in [0.15, 0.2) is 30.3 Å². The first-order chi connectivity index (χ1) is 16.5. The number of hydrogen-bond donors (Lipinski definition) is 0. The van der Waals surface area contributed by atoms with Crippen molar-refractivity contribution < 1.29 is 18.7 Å². The van der Waals surface area contributed by atoms with Crippen molar-refractivity contribution in [3.05, 3.63) is 52.6 Å². The van der Waals surface area contributed by atoms with E-state index in [0.29, 0.717) is 54.3 Å². The lowest BCUT2D eigenvalue weighted by atomic mass is 9.74. The molecular weight excluding hydrogens is 471 g/mol. The summed E-state index contributed by atoms with van der Waals surface area (Å²) in [6.45, 7) is 8.98. The van der Waals surface area contributed by atoms with Crippen LogP contribution in [0.3, 0.4) is 0 Å². The molecule has 9 heteroatoms. The van der Waals surface area contributed by atoms with Crippen molar-refractivity contribution in [2.75, 3.05) is 20.2 Å². The maximum atomic E-state index is 14.2. The predicted molar refractivity (Wildman–Crippen MR) is 132 cm³/mol. The molecule has 0 radical (unpaired) electrons. The van der Waals surface area contributed by atoms with Crippen molar-refractivity contribution in [3.63, 3.8) is 0 Å². The highest BCUT2D eigenvalue weighted by molar-refractivity contribution is 6.30. The number of carbonyl (C=O) groups is 2. The van der Waals surface area contributed by atoms with Gasteiger partial charge in [0.2, 0.25) is 0 Å². The van der Waals surface area contributed by atoms with Gasteiger partial charge in [0.15, 0.2) is 0 Å². The minimum Gasteiger partial charge on any atom is -0.469 e. The second-order valence-corrected chi connectivity index (χ2v) is 10.6. The fourth-order valence-corrected chi connectivity index (χ4v) is 4.90. The van der Waals surface area contributed by atoms with Crippen LogP contribution in [0.5, 0.6) is 0 Å². The highest BCUT2D eigenvalue weighted by Gasteiger charge is 2.42. The topological polar surface area (TPSA) is 77.3 Å². The highest BCUT2D eigenvalue weighted by Crippen LogP contribution is 2.36. The molecule has 4 rings (SSSR count). The first kappa shape index (κ1) is 25.1. The molecule has 3 heterocycles. The first-order valence-corrected chi connectivity index (χ1v) is 12.1. The summed E-state index contributed by atoms with van der Waals surface area (Å²) in [6, 6.07) is 8.00. The van der Waals surface area contributed by atoms with Gasteiger partial charge in [0.25, 0.3) is 5.91 Å². The van der Waals surface area contributed by atoms with Crippen LogP contribution in [0.1, 0.15) is 50.3 Å². The second kappa shape index (κ2) is 9.57. The van der Waals surface area contributed by atoms with Crippen molar-refractivity contribution in [2.24, 2.45) is 17.3 Å². The van der Waals surface area contributed by atoms with Gasteiger partial charge in [0.1, 0.15) is 17.0 Å². The Kier molecular flexibility index (Phi) is 6.86. The van der Waals surface area contributed by atoms with Gasteiger partial charge in [-0.1, -0.05) is 39.3 Å². The molecule has 0 aliphatic carbocycles. The van der Waals surface area contributed by atoms with Gasteiger partial charge in [-0.3, -0.25) is 9.59 Å². The zero-order valence-electron chi connectivity index (χ0n) is 20.6. The molecule has 1 aliphatic rings. The Balaban J connectivity index is 1.70. The minimum absolute atomic E-state index is 0.0394. The number of fused-ring (bicyclic) bond motifs is 1. The van der Waals surface area contributed by atoms with Crippen LogP contribution in [0.2, 0.25) is 5.02 Å². The standard InChI is InChI=1S/C26H30ClFN4O3/c1-15(2)12-21-23-22(32(30-21)16-6-7-18(27)19(28)13-16)9-8-20(29-23)24(33)31-11-10-17(25(34)35-5)26(3,4)14-31/h6-9,13,15,17H,10-12,14H2,1-5H3. The number of amides is 1. The molecule has 1 aromatic carbocycles. The number of halogens is 2. The lowest BCUT2D eigenvalue weighted by Gasteiger charge is -2.42. The monoisotopic (exact) mass is 500 g/mol. The molecule has 186 valence electrons. The van der Waals surface area contributed by atoms with E-state index < -0.39 is 11.2 Å². The summed E-state index contributed by atoms with van der Waals surface area (Å²) in [6.07, 6.45) is 1.19. The summed E-state index contributed by atoms with van der Waals surface area (Å²) < 4.78 is 20.7. The number of esters is 1. The highest BCUT2D eigenvalue weighted by atomic mass is 35.5. The second-order valence-electron chi connectivity index (χ2n) is 10.2. The molecule has 1 unspecified atom stereocenters. The van der Waals surface area contributed by atoms with E-state index in [1.807, 2.05) is 13.8 Å². The lowest BCUT2D eigenvalue weighted by molar-refractivity contribution is -0.152. The Morgan fingerprint density at radius 1 is 1.26 bits per heavy atom. The quantitative estimate of drug-likeness (QED) is 0.457. The third kappa shape index (κ3) is 4.89. The first-order valence-electron chi connectivity index (χ1n) is 11.7. The van der Waals surface area contributed by atoms with Crippen LogP contribution in [0.25, 0.3) is 16.7 Å². The van der Waals surface area contributed by atoms with Gasteiger partial charge < -0.3 is 9.64 Å². The molecule has 7 nitrogen and oxygen atoms in total. The molecular formula is C26H30ClFN4O3. The minimum atomic E-state index is -0.532. The van der Waals surface area contributed by atoms with Crippen molar-refractivity contribution >= 4 is 34.5 Å². The third-order valence-corrected chi connectivity index (χ3v) is 6.87. The number of methoxy groups -OCH3 is 1. The maximum Gasteiger partial charge on any atom is 0.309 e. The number of carbonyl (C=O) groups excluding carboxylic acids is 2. The molecule has 1 fully saturated rings. The summed E-state index contributed by atoms with van der Waals surface area (Å²) in [5.41, 5.74) is 2.46. The lowest BCUT2D eigenvalue weighted by Crippen LogP contribution is -2.50. The van der Waals surface area contributed by atoms with Crippen LogP contribution in [0.4, 0.5) is 4.39 Å². The van der Waals surface area contributed by atoms with Crippen LogP contribution < -0.4 is 0 Å². The van der Waals surface area contributed by atoms with Crippen molar-refractivity contribution in [1.82, 2.24) is 19.7 Å². The van der Waals surface area contributed by atoms with Crippen LogP contribution in [-0.4, -0.2) is 51.7 Å². The molecule has 35 heavy (non-hydrogen) atoms. The molecule has 2 aromatic heterocycles. The average molecular weight is 501 g/mol. The normalized spacial score (nSPS) is 17.7. The number of nitrogens with zero attached hydrogens (tertiary/aromatic N) is 4. The Hall–Kier alpha value is -3.00. The number of benzene rings is 1. The Morgan fingerprint density at radius 3 is 2.63 bits per heavy atom. The van der Waals surface area contributed by atoms with E-state index in [0.717, 1.165) is 5.69 Å². The van der Waals surface area contributed by atoms with Crippen LogP contribution in [0, 0.1) is 23.1 Å². The van der Waals surface area contributed by atoms with E-state index in [4.69, 9.17) is 26.4 Å². The summed E-state index contributed by atoms with van der Waals surface area (Å²) >= 11 is 5.86. The van der Waals surface area contributed by atoms with E-state index in [1.165, 1.54) is 19.2 Å².